The molecule has 30 heavy (non-hydrogen) atoms. The number of hydrogen-bond donors (Lipinski definition) is 2. The van der Waals surface area contributed by atoms with Gasteiger partial charge >= 0.3 is 0 Å². The Morgan fingerprint density at radius 3 is 2.47 bits per heavy atom. The lowest BCUT2D eigenvalue weighted by molar-refractivity contribution is -0.125. The third-order valence-electron chi connectivity index (χ3n) is 4.99. The van der Waals surface area contributed by atoms with Crippen molar-refractivity contribution in [2.45, 2.75) is 23.8 Å². The summed E-state index contributed by atoms with van der Waals surface area (Å²) < 4.78 is 26.9. The Morgan fingerprint density at radius 2 is 1.67 bits per heavy atom. The molecule has 1 aliphatic heterocycles. The lowest BCUT2D eigenvalue weighted by Gasteiger charge is -2.23. The standard InChI is InChI=1S/C21H20N4O4S/c26-20(18-13-12-15-7-4-5-10-17(15)22-18)23-24-21(27)19-11-6-14-25(19)30(28,29)16-8-2-1-3-9-16/h1-5,7-10,12-13,19H,6,11,14H2,(H,23,26)(H,24,27). The van der Waals surface area contributed by atoms with Gasteiger partial charge in [0, 0.05) is 11.9 Å². The van der Waals surface area contributed by atoms with Crippen LogP contribution in [0.1, 0.15) is 23.3 Å². The quantitative estimate of drug-likeness (QED) is 0.622. The van der Waals surface area contributed by atoms with Crippen LogP contribution in [0.15, 0.2) is 71.6 Å². The predicted molar refractivity (Wildman–Crippen MR) is 111 cm³/mol. The zero-order valence-corrected chi connectivity index (χ0v) is 16.8. The molecule has 1 aliphatic rings. The number of amides is 2. The van der Waals surface area contributed by atoms with E-state index in [0.29, 0.717) is 18.4 Å². The molecule has 1 unspecified atom stereocenters. The number of aromatic nitrogens is 1. The fraction of sp³-hybridized carbons (Fsp3) is 0.190. The van der Waals surface area contributed by atoms with E-state index in [4.69, 9.17) is 0 Å². The van der Waals surface area contributed by atoms with E-state index in [-0.39, 0.29) is 17.1 Å². The summed E-state index contributed by atoms with van der Waals surface area (Å²) >= 11 is 0. The van der Waals surface area contributed by atoms with E-state index >= 15 is 0 Å². The van der Waals surface area contributed by atoms with Crippen LogP contribution < -0.4 is 10.9 Å². The van der Waals surface area contributed by atoms with Gasteiger partial charge in [-0.2, -0.15) is 4.31 Å². The van der Waals surface area contributed by atoms with Gasteiger partial charge < -0.3 is 0 Å². The van der Waals surface area contributed by atoms with E-state index in [9.17, 15) is 18.0 Å². The van der Waals surface area contributed by atoms with Gasteiger partial charge in [0.1, 0.15) is 11.7 Å². The summed E-state index contributed by atoms with van der Waals surface area (Å²) in [6.07, 6.45) is 0.937. The Hall–Kier alpha value is -3.30. The third-order valence-corrected chi connectivity index (χ3v) is 6.91. The first kappa shape index (κ1) is 20.0. The summed E-state index contributed by atoms with van der Waals surface area (Å²) in [6.45, 7) is 0.246. The molecule has 2 N–H and O–H groups in total. The molecule has 0 saturated carbocycles. The second kappa shape index (κ2) is 8.21. The van der Waals surface area contributed by atoms with Crippen molar-refractivity contribution < 1.29 is 18.0 Å². The molecular formula is C21H20N4O4S. The maximum atomic E-state index is 12.9. The number of pyridine rings is 1. The second-order valence-electron chi connectivity index (χ2n) is 6.92. The summed E-state index contributed by atoms with van der Waals surface area (Å²) in [6, 6.07) is 17.8. The summed E-state index contributed by atoms with van der Waals surface area (Å²) in [4.78, 5) is 29.4. The maximum Gasteiger partial charge on any atom is 0.288 e. The van der Waals surface area contributed by atoms with Crippen LogP contribution in [0.5, 0.6) is 0 Å². The smallest absolute Gasteiger partial charge is 0.271 e. The Balaban J connectivity index is 1.44. The minimum Gasteiger partial charge on any atom is -0.271 e. The molecule has 0 spiro atoms. The first-order chi connectivity index (χ1) is 14.5. The van der Waals surface area contributed by atoms with Crippen LogP contribution in [-0.4, -0.2) is 42.1 Å². The molecule has 2 aromatic carbocycles. The largest absolute Gasteiger partial charge is 0.288 e. The molecule has 1 aromatic heterocycles. The minimum absolute atomic E-state index is 0.133. The number of nitrogens with one attached hydrogen (secondary N) is 2. The van der Waals surface area contributed by atoms with Gasteiger partial charge in [0.25, 0.3) is 11.8 Å². The molecule has 0 bridgehead atoms. The van der Waals surface area contributed by atoms with Crippen molar-refractivity contribution in [2.24, 2.45) is 0 Å². The average molecular weight is 424 g/mol. The van der Waals surface area contributed by atoms with E-state index in [1.165, 1.54) is 16.4 Å². The van der Waals surface area contributed by atoms with Crippen LogP contribution in [0, 0.1) is 0 Å². The molecule has 2 amide bonds. The molecule has 1 atom stereocenters. The fourth-order valence-corrected chi connectivity index (χ4v) is 5.15. The van der Waals surface area contributed by atoms with Gasteiger partial charge in [0.2, 0.25) is 10.0 Å². The van der Waals surface area contributed by atoms with Crippen LogP contribution in [0.4, 0.5) is 0 Å². The number of carbonyl (C=O) groups excluding carboxylic acids is 2. The zero-order chi connectivity index (χ0) is 21.1. The number of nitrogens with zero attached hydrogens (tertiary/aromatic N) is 2. The predicted octanol–water partition coefficient (Wildman–Crippen LogP) is 1.85. The number of hydrazine groups is 1. The number of hydrogen-bond acceptors (Lipinski definition) is 5. The van der Waals surface area contributed by atoms with Crippen molar-refractivity contribution in [3.8, 4) is 0 Å². The fourth-order valence-electron chi connectivity index (χ4n) is 3.48. The molecule has 8 nitrogen and oxygen atoms in total. The van der Waals surface area contributed by atoms with Crippen LogP contribution in [-0.2, 0) is 14.8 Å². The lowest BCUT2D eigenvalue weighted by Crippen LogP contribution is -2.51. The van der Waals surface area contributed by atoms with Gasteiger partial charge in [-0.1, -0.05) is 42.5 Å². The van der Waals surface area contributed by atoms with E-state index < -0.39 is 27.9 Å². The van der Waals surface area contributed by atoms with Crippen molar-refractivity contribution in [3.63, 3.8) is 0 Å². The molecule has 1 fully saturated rings. The van der Waals surface area contributed by atoms with Crippen LogP contribution >= 0.6 is 0 Å². The summed E-state index contributed by atoms with van der Waals surface area (Å²) in [5, 5.41) is 0.894. The summed E-state index contributed by atoms with van der Waals surface area (Å²) in [5.41, 5.74) is 5.48. The van der Waals surface area contributed by atoms with E-state index in [0.717, 1.165) is 5.39 Å². The van der Waals surface area contributed by atoms with Gasteiger partial charge in [-0.3, -0.25) is 20.4 Å². The molecule has 0 radical (unpaired) electrons. The molecular weight excluding hydrogens is 404 g/mol. The second-order valence-corrected chi connectivity index (χ2v) is 8.81. The first-order valence-corrected chi connectivity index (χ1v) is 10.9. The highest BCUT2D eigenvalue weighted by molar-refractivity contribution is 7.89. The molecule has 9 heteroatoms. The Labute approximate surface area is 173 Å². The van der Waals surface area contributed by atoms with Gasteiger partial charge in [-0.05, 0) is 37.1 Å². The summed E-state index contributed by atoms with van der Waals surface area (Å²) in [7, 11) is -3.80. The normalized spacial score (nSPS) is 17.0. The van der Waals surface area contributed by atoms with Gasteiger partial charge in [0.05, 0.1) is 10.4 Å². The molecule has 4 rings (SSSR count). The SMILES string of the molecule is O=C(NNC(=O)C1CCCN1S(=O)(=O)c1ccccc1)c1ccc2ccccc2n1. The topological polar surface area (TPSA) is 108 Å². The molecule has 3 aromatic rings. The average Bonchev–Trinajstić information content (AvgIpc) is 3.28. The van der Waals surface area contributed by atoms with Crippen molar-refractivity contribution in [1.82, 2.24) is 20.1 Å². The van der Waals surface area contributed by atoms with Crippen molar-refractivity contribution in [2.75, 3.05) is 6.54 Å². The number of fused-ring (bicyclic) bond motifs is 1. The molecule has 1 saturated heterocycles. The van der Waals surface area contributed by atoms with Crippen LogP contribution in [0.2, 0.25) is 0 Å². The van der Waals surface area contributed by atoms with Gasteiger partial charge in [0.15, 0.2) is 0 Å². The highest BCUT2D eigenvalue weighted by atomic mass is 32.2. The van der Waals surface area contributed by atoms with Crippen molar-refractivity contribution in [1.29, 1.82) is 0 Å². The maximum absolute atomic E-state index is 12.9. The Kier molecular flexibility index (Phi) is 5.47. The number of benzene rings is 2. The number of rotatable bonds is 4. The number of sulfonamides is 1. The van der Waals surface area contributed by atoms with Crippen LogP contribution in [0.3, 0.4) is 0 Å². The van der Waals surface area contributed by atoms with E-state index in [1.807, 2.05) is 18.2 Å². The minimum atomic E-state index is -3.80. The van der Waals surface area contributed by atoms with Gasteiger partial charge in [-0.15, -0.1) is 0 Å². The first-order valence-electron chi connectivity index (χ1n) is 9.50. The Bertz CT molecular complexity index is 1200. The van der Waals surface area contributed by atoms with Crippen molar-refractivity contribution >= 4 is 32.7 Å². The third kappa shape index (κ3) is 3.89. The van der Waals surface area contributed by atoms with Gasteiger partial charge in [-0.25, -0.2) is 13.4 Å². The van der Waals surface area contributed by atoms with Crippen molar-refractivity contribution in [3.05, 3.63) is 72.4 Å². The summed E-state index contributed by atoms with van der Waals surface area (Å²) in [5.74, 6) is -1.16. The zero-order valence-electron chi connectivity index (χ0n) is 16.0. The number of carbonyl (C=O) groups is 2. The lowest BCUT2D eigenvalue weighted by atomic mass is 10.2. The monoisotopic (exact) mass is 424 g/mol. The number of para-hydroxylation sites is 1. The van der Waals surface area contributed by atoms with E-state index in [1.54, 1.807) is 36.4 Å². The van der Waals surface area contributed by atoms with Crippen LogP contribution in [0.25, 0.3) is 10.9 Å². The highest BCUT2D eigenvalue weighted by Gasteiger charge is 2.39. The molecule has 0 aliphatic carbocycles. The Morgan fingerprint density at radius 1 is 0.933 bits per heavy atom. The molecule has 2 heterocycles. The van der Waals surface area contributed by atoms with E-state index in [2.05, 4.69) is 15.8 Å². The molecule has 154 valence electrons. The highest BCUT2D eigenvalue weighted by Crippen LogP contribution is 2.26.